The Balaban J connectivity index is 2.32. The van der Waals surface area contributed by atoms with Crippen LogP contribution in [-0.4, -0.2) is 35.4 Å². The number of rotatable bonds is 2. The molecule has 1 saturated heterocycles. The van der Waals surface area contributed by atoms with E-state index in [0.717, 1.165) is 0 Å². The van der Waals surface area contributed by atoms with Crippen LogP contribution in [0.2, 0.25) is 0 Å². The van der Waals surface area contributed by atoms with Gasteiger partial charge in [-0.15, -0.1) is 0 Å². The first kappa shape index (κ1) is 10.3. The molecular formula is C9H10N4O3. The lowest BCUT2D eigenvalue weighted by Crippen LogP contribution is -2.47. The largest absolute Gasteiger partial charge is 0.355 e. The summed E-state index contributed by atoms with van der Waals surface area (Å²) in [7, 11) is 0. The highest BCUT2D eigenvalue weighted by atomic mass is 16.6. The number of amides is 1. The van der Waals surface area contributed by atoms with Crippen molar-refractivity contribution in [3.05, 3.63) is 28.6 Å². The van der Waals surface area contributed by atoms with Gasteiger partial charge in [0.15, 0.2) is 0 Å². The maximum absolute atomic E-state index is 11.2. The van der Waals surface area contributed by atoms with E-state index in [0.29, 0.717) is 18.8 Å². The highest BCUT2D eigenvalue weighted by molar-refractivity contribution is 5.83. The van der Waals surface area contributed by atoms with Crippen molar-refractivity contribution >= 4 is 17.3 Å². The Labute approximate surface area is 91.2 Å². The maximum atomic E-state index is 11.2. The first-order valence-electron chi connectivity index (χ1n) is 4.78. The summed E-state index contributed by atoms with van der Waals surface area (Å²) < 4.78 is 0. The summed E-state index contributed by atoms with van der Waals surface area (Å²) in [4.78, 5) is 26.9. The van der Waals surface area contributed by atoms with Gasteiger partial charge in [-0.05, 0) is 6.07 Å². The molecule has 0 unspecified atom stereocenters. The first-order chi connectivity index (χ1) is 7.68. The van der Waals surface area contributed by atoms with Crippen LogP contribution in [0.3, 0.4) is 0 Å². The van der Waals surface area contributed by atoms with Crippen LogP contribution in [0.4, 0.5) is 11.4 Å². The molecule has 7 heteroatoms. The zero-order valence-corrected chi connectivity index (χ0v) is 8.42. The van der Waals surface area contributed by atoms with Gasteiger partial charge in [0, 0.05) is 19.3 Å². The Morgan fingerprint density at radius 3 is 3.06 bits per heavy atom. The van der Waals surface area contributed by atoms with Crippen LogP contribution in [0.25, 0.3) is 0 Å². The predicted molar refractivity (Wildman–Crippen MR) is 56.1 cm³/mol. The van der Waals surface area contributed by atoms with Crippen molar-refractivity contribution in [2.45, 2.75) is 0 Å². The van der Waals surface area contributed by atoms with Crippen LogP contribution < -0.4 is 10.2 Å². The van der Waals surface area contributed by atoms with Gasteiger partial charge in [0.05, 0.1) is 11.5 Å². The average Bonchev–Trinajstić information content (AvgIpc) is 2.29. The molecule has 1 aliphatic rings. The van der Waals surface area contributed by atoms with E-state index in [4.69, 9.17) is 0 Å². The molecular weight excluding hydrogens is 212 g/mol. The van der Waals surface area contributed by atoms with Gasteiger partial charge in [-0.25, -0.2) is 0 Å². The Bertz CT molecular complexity index is 435. The second kappa shape index (κ2) is 4.13. The molecule has 7 nitrogen and oxygen atoms in total. The van der Waals surface area contributed by atoms with Crippen LogP contribution in [0.15, 0.2) is 18.5 Å². The lowest BCUT2D eigenvalue weighted by atomic mass is 10.2. The zero-order valence-electron chi connectivity index (χ0n) is 8.42. The van der Waals surface area contributed by atoms with Gasteiger partial charge in [0.2, 0.25) is 5.91 Å². The normalized spacial score (nSPS) is 15.8. The summed E-state index contributed by atoms with van der Waals surface area (Å²) in [5.41, 5.74) is 0.368. The number of hydrogen-bond donors (Lipinski definition) is 1. The van der Waals surface area contributed by atoms with Gasteiger partial charge in [-0.2, -0.15) is 0 Å². The third-order valence-corrected chi connectivity index (χ3v) is 2.35. The third-order valence-electron chi connectivity index (χ3n) is 2.35. The van der Waals surface area contributed by atoms with E-state index in [2.05, 4.69) is 10.3 Å². The summed E-state index contributed by atoms with van der Waals surface area (Å²) in [6.45, 7) is 1.21. The Kier molecular flexibility index (Phi) is 2.67. The van der Waals surface area contributed by atoms with E-state index in [9.17, 15) is 14.9 Å². The van der Waals surface area contributed by atoms with Crippen LogP contribution in [0.1, 0.15) is 0 Å². The minimum Gasteiger partial charge on any atom is -0.355 e. The quantitative estimate of drug-likeness (QED) is 0.558. The number of piperazine rings is 1. The molecule has 0 saturated carbocycles. The lowest BCUT2D eigenvalue weighted by Gasteiger charge is -2.27. The fourth-order valence-electron chi connectivity index (χ4n) is 1.63. The SMILES string of the molecule is O=C1CN(c2ccncc2[N+](=O)[O-])CCN1. The van der Waals surface area contributed by atoms with Crippen molar-refractivity contribution in [3.8, 4) is 0 Å². The molecule has 2 heterocycles. The van der Waals surface area contributed by atoms with Crippen molar-refractivity contribution in [1.82, 2.24) is 10.3 Å². The van der Waals surface area contributed by atoms with Crippen LogP contribution in [-0.2, 0) is 4.79 Å². The number of carbonyl (C=O) groups excluding carboxylic acids is 1. The number of nitro groups is 1. The molecule has 0 bridgehead atoms. The molecule has 0 atom stereocenters. The molecule has 16 heavy (non-hydrogen) atoms. The number of pyridine rings is 1. The van der Waals surface area contributed by atoms with Crippen LogP contribution >= 0.6 is 0 Å². The Morgan fingerprint density at radius 2 is 2.38 bits per heavy atom. The van der Waals surface area contributed by atoms with E-state index >= 15 is 0 Å². The number of nitrogens with one attached hydrogen (secondary N) is 1. The second-order valence-corrected chi connectivity index (χ2v) is 3.39. The van der Waals surface area contributed by atoms with Crippen molar-refractivity contribution in [2.24, 2.45) is 0 Å². The average molecular weight is 222 g/mol. The summed E-state index contributed by atoms with van der Waals surface area (Å²) in [5.74, 6) is -0.127. The minimum absolute atomic E-state index is 0.0720. The first-order valence-corrected chi connectivity index (χ1v) is 4.78. The van der Waals surface area contributed by atoms with Crippen molar-refractivity contribution in [1.29, 1.82) is 0 Å². The molecule has 0 aliphatic carbocycles. The van der Waals surface area contributed by atoms with E-state index in [-0.39, 0.29) is 18.1 Å². The molecule has 2 rings (SSSR count). The third kappa shape index (κ3) is 1.92. The van der Waals surface area contributed by atoms with E-state index in [1.54, 1.807) is 11.0 Å². The molecule has 1 aromatic rings. The fraction of sp³-hybridized carbons (Fsp3) is 0.333. The predicted octanol–water partition coefficient (Wildman–Crippen LogP) is -0.0740. The van der Waals surface area contributed by atoms with E-state index in [1.807, 2.05) is 0 Å². The summed E-state index contributed by atoms with van der Waals surface area (Å²) in [6.07, 6.45) is 2.68. The van der Waals surface area contributed by atoms with Gasteiger partial charge in [-0.1, -0.05) is 0 Å². The minimum atomic E-state index is -0.491. The monoisotopic (exact) mass is 222 g/mol. The lowest BCUT2D eigenvalue weighted by molar-refractivity contribution is -0.384. The van der Waals surface area contributed by atoms with Gasteiger partial charge in [0.25, 0.3) is 0 Å². The van der Waals surface area contributed by atoms with Crippen molar-refractivity contribution in [2.75, 3.05) is 24.5 Å². The smallest absolute Gasteiger partial charge is 0.310 e. The molecule has 0 spiro atoms. The number of anilines is 1. The van der Waals surface area contributed by atoms with Crippen molar-refractivity contribution in [3.63, 3.8) is 0 Å². The van der Waals surface area contributed by atoms with Crippen LogP contribution in [0.5, 0.6) is 0 Å². The van der Waals surface area contributed by atoms with Gasteiger partial charge in [0.1, 0.15) is 11.9 Å². The van der Waals surface area contributed by atoms with Crippen LogP contribution in [0, 0.1) is 10.1 Å². The summed E-state index contributed by atoms with van der Waals surface area (Å²) in [5, 5.41) is 13.4. The summed E-state index contributed by atoms with van der Waals surface area (Å²) >= 11 is 0. The molecule has 0 aromatic carbocycles. The molecule has 84 valence electrons. The number of hydrogen-bond acceptors (Lipinski definition) is 5. The van der Waals surface area contributed by atoms with E-state index in [1.165, 1.54) is 12.4 Å². The molecule has 0 radical (unpaired) electrons. The Morgan fingerprint density at radius 1 is 1.56 bits per heavy atom. The summed E-state index contributed by atoms with van der Waals surface area (Å²) in [6, 6.07) is 1.55. The van der Waals surface area contributed by atoms with Gasteiger partial charge < -0.3 is 10.2 Å². The second-order valence-electron chi connectivity index (χ2n) is 3.39. The molecule has 1 aliphatic heterocycles. The number of nitrogens with zero attached hydrogens (tertiary/aromatic N) is 3. The maximum Gasteiger partial charge on any atom is 0.310 e. The topological polar surface area (TPSA) is 88.4 Å². The van der Waals surface area contributed by atoms with E-state index < -0.39 is 4.92 Å². The molecule has 1 amide bonds. The number of aromatic nitrogens is 1. The van der Waals surface area contributed by atoms with Gasteiger partial charge >= 0.3 is 5.69 Å². The molecule has 1 fully saturated rings. The van der Waals surface area contributed by atoms with Crippen molar-refractivity contribution < 1.29 is 9.72 Å². The molecule has 1 aromatic heterocycles. The zero-order chi connectivity index (χ0) is 11.5. The highest BCUT2D eigenvalue weighted by Gasteiger charge is 2.23. The fourth-order valence-corrected chi connectivity index (χ4v) is 1.63. The standard InChI is InChI=1S/C9H10N4O3/c14-9-6-12(4-3-11-9)7-1-2-10-5-8(7)13(15)16/h1-2,5H,3-4,6H2,(H,11,14). The highest BCUT2D eigenvalue weighted by Crippen LogP contribution is 2.26. The number of carbonyl (C=O) groups is 1. The Hall–Kier alpha value is -2.18. The molecule has 1 N–H and O–H groups in total. The van der Waals surface area contributed by atoms with Gasteiger partial charge in [-0.3, -0.25) is 19.9 Å².